The Balaban J connectivity index is 1.35. The lowest BCUT2D eigenvalue weighted by Crippen LogP contribution is -2.39. The normalized spacial score (nSPS) is 22.6. The maximum absolute atomic E-state index is 12.6. The Morgan fingerprint density at radius 1 is 1.07 bits per heavy atom. The maximum Gasteiger partial charge on any atom is 0.242 e. The number of halogens is 1. The zero-order chi connectivity index (χ0) is 18.6. The summed E-state index contributed by atoms with van der Waals surface area (Å²) in [5.41, 5.74) is 9.18. The Labute approximate surface area is 163 Å². The summed E-state index contributed by atoms with van der Waals surface area (Å²) >= 11 is 6.26. The molecule has 2 saturated heterocycles. The summed E-state index contributed by atoms with van der Waals surface area (Å²) in [5, 5.41) is 3.69. The van der Waals surface area contributed by atoms with E-state index in [0.717, 1.165) is 43.2 Å². The fourth-order valence-corrected chi connectivity index (χ4v) is 3.76. The smallest absolute Gasteiger partial charge is 0.242 e. The Bertz CT molecular complexity index is 793. The summed E-state index contributed by atoms with van der Waals surface area (Å²) in [4.78, 5) is 14.9. The second-order valence-corrected chi connectivity index (χ2v) is 7.19. The summed E-state index contributed by atoms with van der Waals surface area (Å²) in [5.74, 6) is -0.0591. The predicted octanol–water partition coefficient (Wildman–Crippen LogP) is 2.72. The summed E-state index contributed by atoms with van der Waals surface area (Å²) in [7, 11) is 0. The highest BCUT2D eigenvalue weighted by Crippen LogP contribution is 2.28. The van der Waals surface area contributed by atoms with E-state index in [-0.39, 0.29) is 18.0 Å². The van der Waals surface area contributed by atoms with Crippen LogP contribution in [-0.2, 0) is 9.53 Å². The largest absolute Gasteiger partial charge is 0.378 e. The van der Waals surface area contributed by atoms with Crippen LogP contribution in [0.3, 0.4) is 0 Å². The van der Waals surface area contributed by atoms with Gasteiger partial charge in [-0.1, -0.05) is 29.8 Å². The van der Waals surface area contributed by atoms with Crippen molar-refractivity contribution in [1.29, 1.82) is 0 Å². The third-order valence-electron chi connectivity index (χ3n) is 5.01. The van der Waals surface area contributed by atoms with Gasteiger partial charge in [-0.2, -0.15) is 0 Å². The molecule has 2 fully saturated rings. The van der Waals surface area contributed by atoms with Gasteiger partial charge in [-0.3, -0.25) is 4.79 Å². The summed E-state index contributed by atoms with van der Waals surface area (Å²) in [6, 6.07) is 15.3. The van der Waals surface area contributed by atoms with Gasteiger partial charge in [0.05, 0.1) is 13.2 Å². The van der Waals surface area contributed by atoms with Gasteiger partial charge in [0, 0.05) is 35.5 Å². The number of nitrogens with zero attached hydrogens (tertiary/aromatic N) is 1. The molecule has 3 N–H and O–H groups in total. The molecule has 0 aromatic heterocycles. The van der Waals surface area contributed by atoms with Crippen molar-refractivity contribution >= 4 is 28.9 Å². The predicted molar refractivity (Wildman–Crippen MR) is 107 cm³/mol. The number of rotatable bonds is 4. The van der Waals surface area contributed by atoms with Crippen LogP contribution in [-0.4, -0.2) is 38.3 Å². The Morgan fingerprint density at radius 3 is 2.56 bits per heavy atom. The second-order valence-electron chi connectivity index (χ2n) is 6.79. The van der Waals surface area contributed by atoms with E-state index in [1.54, 1.807) is 0 Å². The van der Waals surface area contributed by atoms with Gasteiger partial charge in [-0.15, -0.1) is 0 Å². The van der Waals surface area contributed by atoms with Gasteiger partial charge in [-0.25, -0.2) is 10.9 Å². The first-order chi connectivity index (χ1) is 13.2. The van der Waals surface area contributed by atoms with E-state index in [1.807, 2.05) is 48.5 Å². The lowest BCUT2D eigenvalue weighted by molar-refractivity contribution is -0.117. The van der Waals surface area contributed by atoms with Crippen molar-refractivity contribution in [3.63, 3.8) is 0 Å². The van der Waals surface area contributed by atoms with Crippen LogP contribution in [0, 0.1) is 0 Å². The monoisotopic (exact) mass is 386 g/mol. The van der Waals surface area contributed by atoms with Crippen LogP contribution in [0.1, 0.15) is 18.0 Å². The zero-order valence-electron chi connectivity index (χ0n) is 15.0. The number of carbonyl (C=O) groups excluding carboxylic acids is 1. The number of hydrogen-bond donors (Lipinski definition) is 3. The highest BCUT2D eigenvalue weighted by atomic mass is 35.5. The number of anilines is 2. The van der Waals surface area contributed by atoms with Gasteiger partial charge < -0.3 is 15.0 Å². The van der Waals surface area contributed by atoms with E-state index >= 15 is 0 Å². The van der Waals surface area contributed by atoms with Gasteiger partial charge >= 0.3 is 0 Å². The van der Waals surface area contributed by atoms with Gasteiger partial charge in [0.2, 0.25) is 5.91 Å². The molecule has 2 aromatic carbocycles. The molecular weight excluding hydrogens is 364 g/mol. The third-order valence-corrected chi connectivity index (χ3v) is 5.36. The van der Waals surface area contributed by atoms with Crippen molar-refractivity contribution in [1.82, 2.24) is 10.9 Å². The lowest BCUT2D eigenvalue weighted by atomic mass is 10.0. The number of benzene rings is 2. The van der Waals surface area contributed by atoms with E-state index in [9.17, 15) is 4.79 Å². The molecule has 6 nitrogen and oxygen atoms in total. The standard InChI is InChI=1S/C20H23ClN4O2/c21-17-4-2-1-3-16(17)18-13-19(24-23-18)20(26)22-14-5-7-15(8-6-14)25-9-11-27-12-10-25/h1-8,18-19,23-24H,9-13H2,(H,22,26). The van der Waals surface area contributed by atoms with Crippen molar-refractivity contribution in [2.45, 2.75) is 18.5 Å². The van der Waals surface area contributed by atoms with Crippen LogP contribution in [0.25, 0.3) is 0 Å². The molecular formula is C20H23ClN4O2. The number of amides is 1. The van der Waals surface area contributed by atoms with Crippen LogP contribution in [0.4, 0.5) is 11.4 Å². The highest BCUT2D eigenvalue weighted by Gasteiger charge is 2.31. The molecule has 0 radical (unpaired) electrons. The topological polar surface area (TPSA) is 65.6 Å². The fourth-order valence-electron chi connectivity index (χ4n) is 3.50. The Kier molecular flexibility index (Phi) is 5.59. The van der Waals surface area contributed by atoms with Gasteiger partial charge in [-0.05, 0) is 42.3 Å². The number of morpholine rings is 1. The molecule has 0 aliphatic carbocycles. The lowest BCUT2D eigenvalue weighted by Gasteiger charge is -2.28. The van der Waals surface area contributed by atoms with E-state index in [1.165, 1.54) is 0 Å². The molecule has 2 aliphatic rings. The van der Waals surface area contributed by atoms with Crippen LogP contribution < -0.4 is 21.1 Å². The van der Waals surface area contributed by atoms with E-state index < -0.39 is 0 Å². The van der Waals surface area contributed by atoms with E-state index in [0.29, 0.717) is 11.4 Å². The number of carbonyl (C=O) groups is 1. The van der Waals surface area contributed by atoms with Crippen molar-refractivity contribution < 1.29 is 9.53 Å². The molecule has 2 aliphatic heterocycles. The van der Waals surface area contributed by atoms with Crippen LogP contribution in [0.15, 0.2) is 48.5 Å². The third kappa shape index (κ3) is 4.25. The number of ether oxygens (including phenoxy) is 1. The molecule has 0 saturated carbocycles. The molecule has 27 heavy (non-hydrogen) atoms. The minimum atomic E-state index is -0.315. The zero-order valence-corrected chi connectivity index (χ0v) is 15.7. The molecule has 2 unspecified atom stereocenters. The number of nitrogens with one attached hydrogen (secondary N) is 3. The molecule has 2 atom stereocenters. The minimum Gasteiger partial charge on any atom is -0.378 e. The highest BCUT2D eigenvalue weighted by molar-refractivity contribution is 6.31. The van der Waals surface area contributed by atoms with E-state index in [2.05, 4.69) is 21.1 Å². The van der Waals surface area contributed by atoms with Crippen molar-refractivity contribution in [2.75, 3.05) is 36.5 Å². The van der Waals surface area contributed by atoms with Crippen molar-refractivity contribution in [3.8, 4) is 0 Å². The van der Waals surface area contributed by atoms with Crippen molar-refractivity contribution in [2.24, 2.45) is 0 Å². The molecule has 0 spiro atoms. The van der Waals surface area contributed by atoms with Gasteiger partial charge in [0.15, 0.2) is 0 Å². The first kappa shape index (κ1) is 18.3. The molecule has 2 aromatic rings. The van der Waals surface area contributed by atoms with Gasteiger partial charge in [0.25, 0.3) is 0 Å². The quantitative estimate of drug-likeness (QED) is 0.754. The average Bonchev–Trinajstić information content (AvgIpc) is 3.20. The van der Waals surface area contributed by atoms with Crippen LogP contribution in [0.2, 0.25) is 5.02 Å². The maximum atomic E-state index is 12.6. The molecule has 1 amide bonds. The number of hydrazine groups is 1. The summed E-state index contributed by atoms with van der Waals surface area (Å²) in [6.45, 7) is 3.30. The first-order valence-corrected chi connectivity index (χ1v) is 9.57. The fraction of sp³-hybridized carbons (Fsp3) is 0.350. The molecule has 4 rings (SSSR count). The van der Waals surface area contributed by atoms with Crippen LogP contribution >= 0.6 is 11.6 Å². The van der Waals surface area contributed by atoms with Crippen LogP contribution in [0.5, 0.6) is 0 Å². The average molecular weight is 387 g/mol. The SMILES string of the molecule is O=C(Nc1ccc(N2CCOCC2)cc1)C1CC(c2ccccc2Cl)NN1. The van der Waals surface area contributed by atoms with Crippen molar-refractivity contribution in [3.05, 3.63) is 59.1 Å². The first-order valence-electron chi connectivity index (χ1n) is 9.20. The molecule has 0 bridgehead atoms. The molecule has 7 heteroatoms. The minimum absolute atomic E-state index is 0.0122. The Morgan fingerprint density at radius 2 is 1.81 bits per heavy atom. The molecule has 142 valence electrons. The molecule has 2 heterocycles. The second kappa shape index (κ2) is 8.27. The van der Waals surface area contributed by atoms with E-state index in [4.69, 9.17) is 16.3 Å². The number of hydrogen-bond acceptors (Lipinski definition) is 5. The Hall–Kier alpha value is -2.12. The summed E-state index contributed by atoms with van der Waals surface area (Å²) in [6.07, 6.45) is 0.640. The van der Waals surface area contributed by atoms with Gasteiger partial charge in [0.1, 0.15) is 6.04 Å². The summed E-state index contributed by atoms with van der Waals surface area (Å²) < 4.78 is 5.38.